The molecule has 0 aliphatic rings. The first-order chi connectivity index (χ1) is 12.2. The van der Waals surface area contributed by atoms with Crippen molar-refractivity contribution in [1.29, 1.82) is 0 Å². The van der Waals surface area contributed by atoms with Crippen molar-refractivity contribution in [3.63, 3.8) is 0 Å². The number of imidazole rings is 1. The van der Waals surface area contributed by atoms with Crippen LogP contribution in [0.25, 0.3) is 11.0 Å². The topological polar surface area (TPSA) is 72.1 Å². The van der Waals surface area contributed by atoms with Gasteiger partial charge < -0.3 is 9.72 Å². The van der Waals surface area contributed by atoms with Crippen molar-refractivity contribution >= 4 is 33.9 Å². The number of thioether (sulfide) groups is 1. The number of nitrogens with zero attached hydrogens (tertiary/aromatic N) is 1. The molecule has 136 valence electrons. The number of benzene rings is 1. The first kappa shape index (κ1) is 19.5. The SMILES string of the molecule is CCCCCCCCOC(=O)CCC(=O)Sc1nc2ccccc2[nH]1. The summed E-state index contributed by atoms with van der Waals surface area (Å²) in [6, 6.07) is 7.62. The van der Waals surface area contributed by atoms with E-state index >= 15 is 0 Å². The lowest BCUT2D eigenvalue weighted by Crippen LogP contribution is -2.07. The number of fused-ring (bicyclic) bond motifs is 1. The molecule has 1 heterocycles. The van der Waals surface area contributed by atoms with E-state index in [0.29, 0.717) is 11.8 Å². The Hall–Kier alpha value is -1.82. The van der Waals surface area contributed by atoms with Crippen molar-refractivity contribution in [2.24, 2.45) is 0 Å². The fourth-order valence-corrected chi connectivity index (χ4v) is 3.21. The quantitative estimate of drug-likeness (QED) is 0.351. The van der Waals surface area contributed by atoms with Crippen LogP contribution in [0.5, 0.6) is 0 Å². The zero-order chi connectivity index (χ0) is 17.9. The van der Waals surface area contributed by atoms with Gasteiger partial charge in [0.25, 0.3) is 0 Å². The smallest absolute Gasteiger partial charge is 0.306 e. The van der Waals surface area contributed by atoms with Crippen LogP contribution >= 0.6 is 11.8 Å². The lowest BCUT2D eigenvalue weighted by Gasteiger charge is -2.04. The molecular formula is C19H26N2O3S. The number of aromatic nitrogens is 2. The molecule has 0 aliphatic heterocycles. The van der Waals surface area contributed by atoms with Crippen LogP contribution in [-0.4, -0.2) is 27.7 Å². The van der Waals surface area contributed by atoms with Gasteiger partial charge in [-0.15, -0.1) is 0 Å². The van der Waals surface area contributed by atoms with Crippen LogP contribution in [0.3, 0.4) is 0 Å². The molecule has 0 spiro atoms. The highest BCUT2D eigenvalue weighted by Crippen LogP contribution is 2.21. The van der Waals surface area contributed by atoms with Gasteiger partial charge in [0.15, 0.2) is 10.3 Å². The van der Waals surface area contributed by atoms with E-state index in [-0.39, 0.29) is 23.9 Å². The van der Waals surface area contributed by atoms with Gasteiger partial charge in [-0.25, -0.2) is 4.98 Å². The molecule has 0 amide bonds. The summed E-state index contributed by atoms with van der Waals surface area (Å²) in [5, 5.41) is 0.474. The highest BCUT2D eigenvalue weighted by molar-refractivity contribution is 8.13. The summed E-state index contributed by atoms with van der Waals surface area (Å²) in [6.45, 7) is 2.64. The molecular weight excluding hydrogens is 336 g/mol. The van der Waals surface area contributed by atoms with E-state index in [1.165, 1.54) is 25.7 Å². The Labute approximate surface area is 152 Å². The monoisotopic (exact) mass is 362 g/mol. The summed E-state index contributed by atoms with van der Waals surface area (Å²) in [4.78, 5) is 31.1. The van der Waals surface area contributed by atoms with Crippen molar-refractivity contribution in [2.45, 2.75) is 63.4 Å². The van der Waals surface area contributed by atoms with E-state index in [1.54, 1.807) is 0 Å². The summed E-state index contributed by atoms with van der Waals surface area (Å²) in [7, 11) is 0. The second-order valence-corrected chi connectivity index (χ2v) is 7.07. The predicted octanol–water partition coefficient (Wildman–Crippen LogP) is 4.87. The maximum atomic E-state index is 12.0. The maximum Gasteiger partial charge on any atom is 0.306 e. The lowest BCUT2D eigenvalue weighted by atomic mass is 10.1. The number of nitrogens with one attached hydrogen (secondary N) is 1. The van der Waals surface area contributed by atoms with Crippen molar-refractivity contribution < 1.29 is 14.3 Å². The fourth-order valence-electron chi connectivity index (χ4n) is 2.48. The Balaban J connectivity index is 1.58. The molecule has 0 saturated heterocycles. The molecule has 1 N–H and O–H groups in total. The fraction of sp³-hybridized carbons (Fsp3) is 0.526. The summed E-state index contributed by atoms with van der Waals surface area (Å²) in [5.74, 6) is -0.299. The number of unbranched alkanes of at least 4 members (excludes halogenated alkanes) is 5. The number of esters is 1. The molecule has 0 aliphatic carbocycles. The van der Waals surface area contributed by atoms with Gasteiger partial charge >= 0.3 is 5.97 Å². The number of aromatic amines is 1. The Bertz CT molecular complexity index is 651. The number of carbonyl (C=O) groups is 2. The minimum Gasteiger partial charge on any atom is -0.466 e. The van der Waals surface area contributed by atoms with E-state index in [1.807, 2.05) is 24.3 Å². The number of hydrogen-bond donors (Lipinski definition) is 1. The third-order valence-corrected chi connectivity index (χ3v) is 4.69. The van der Waals surface area contributed by atoms with Crippen LogP contribution in [0.2, 0.25) is 0 Å². The first-order valence-corrected chi connectivity index (χ1v) is 9.81. The Kier molecular flexibility index (Phi) is 8.52. The van der Waals surface area contributed by atoms with Gasteiger partial charge in [0, 0.05) is 6.42 Å². The largest absolute Gasteiger partial charge is 0.466 e. The summed E-state index contributed by atoms with van der Waals surface area (Å²) in [6.07, 6.45) is 7.22. The minimum absolute atomic E-state index is 0.0874. The molecule has 2 rings (SSSR count). The molecule has 0 unspecified atom stereocenters. The summed E-state index contributed by atoms with van der Waals surface area (Å²) in [5.41, 5.74) is 1.73. The van der Waals surface area contributed by atoms with Crippen molar-refractivity contribution in [2.75, 3.05) is 6.61 Å². The number of H-pyrrole nitrogens is 1. The molecule has 1 aromatic carbocycles. The third kappa shape index (κ3) is 7.30. The van der Waals surface area contributed by atoms with Crippen LogP contribution in [0.4, 0.5) is 0 Å². The van der Waals surface area contributed by atoms with Gasteiger partial charge in [-0.2, -0.15) is 0 Å². The van der Waals surface area contributed by atoms with Crippen LogP contribution in [0, 0.1) is 0 Å². The standard InChI is InChI=1S/C19H26N2O3S/c1-2-3-4-5-6-9-14-24-17(22)12-13-18(23)25-19-20-15-10-7-8-11-16(15)21-19/h7-8,10-11H,2-6,9,12-14H2,1H3,(H,20,21). The van der Waals surface area contributed by atoms with Gasteiger partial charge in [0.1, 0.15) is 0 Å². The Morgan fingerprint density at radius 2 is 1.84 bits per heavy atom. The highest BCUT2D eigenvalue weighted by Gasteiger charge is 2.12. The molecule has 0 radical (unpaired) electrons. The predicted molar refractivity (Wildman–Crippen MR) is 101 cm³/mol. The van der Waals surface area contributed by atoms with E-state index in [4.69, 9.17) is 4.74 Å². The number of hydrogen-bond acceptors (Lipinski definition) is 5. The summed E-state index contributed by atoms with van der Waals surface area (Å²) < 4.78 is 5.17. The van der Waals surface area contributed by atoms with Crippen molar-refractivity contribution in [1.82, 2.24) is 9.97 Å². The molecule has 0 atom stereocenters. The van der Waals surface area contributed by atoms with Crippen molar-refractivity contribution in [3.05, 3.63) is 24.3 Å². The van der Waals surface area contributed by atoms with Gasteiger partial charge in [-0.1, -0.05) is 51.2 Å². The molecule has 0 saturated carbocycles. The number of rotatable bonds is 11. The Morgan fingerprint density at radius 1 is 1.08 bits per heavy atom. The number of ether oxygens (including phenoxy) is 1. The molecule has 1 aromatic heterocycles. The molecule has 6 heteroatoms. The molecule has 2 aromatic rings. The molecule has 25 heavy (non-hydrogen) atoms. The van der Waals surface area contributed by atoms with E-state index in [9.17, 15) is 9.59 Å². The average Bonchev–Trinajstić information content (AvgIpc) is 3.01. The number of para-hydroxylation sites is 2. The van der Waals surface area contributed by atoms with E-state index in [0.717, 1.165) is 35.6 Å². The molecule has 5 nitrogen and oxygen atoms in total. The summed E-state index contributed by atoms with van der Waals surface area (Å²) >= 11 is 1.04. The Morgan fingerprint density at radius 3 is 2.64 bits per heavy atom. The average molecular weight is 362 g/mol. The van der Waals surface area contributed by atoms with Gasteiger partial charge in [0.05, 0.1) is 24.1 Å². The highest BCUT2D eigenvalue weighted by atomic mass is 32.2. The first-order valence-electron chi connectivity index (χ1n) is 9.00. The zero-order valence-corrected chi connectivity index (χ0v) is 15.6. The van der Waals surface area contributed by atoms with Crippen LogP contribution < -0.4 is 0 Å². The third-order valence-electron chi connectivity index (χ3n) is 3.87. The molecule has 0 fully saturated rings. The normalized spacial score (nSPS) is 10.9. The number of carbonyl (C=O) groups excluding carboxylic acids is 2. The maximum absolute atomic E-state index is 12.0. The van der Waals surface area contributed by atoms with Gasteiger partial charge in [0.2, 0.25) is 0 Å². The zero-order valence-electron chi connectivity index (χ0n) is 14.8. The van der Waals surface area contributed by atoms with Crippen molar-refractivity contribution in [3.8, 4) is 0 Å². The van der Waals surface area contributed by atoms with Crippen LogP contribution in [0.1, 0.15) is 58.3 Å². The second kappa shape index (κ2) is 10.9. The second-order valence-electron chi connectivity index (χ2n) is 6.02. The van der Waals surface area contributed by atoms with E-state index in [2.05, 4.69) is 16.9 Å². The van der Waals surface area contributed by atoms with Gasteiger partial charge in [-0.05, 0) is 30.3 Å². The van der Waals surface area contributed by atoms with E-state index < -0.39 is 0 Å². The molecule has 0 bridgehead atoms. The lowest BCUT2D eigenvalue weighted by molar-refractivity contribution is -0.144. The minimum atomic E-state index is -0.299. The van der Waals surface area contributed by atoms with Crippen LogP contribution in [-0.2, 0) is 14.3 Å². The van der Waals surface area contributed by atoms with Gasteiger partial charge in [-0.3, -0.25) is 9.59 Å². The van der Waals surface area contributed by atoms with Crippen LogP contribution in [0.15, 0.2) is 29.4 Å².